The highest BCUT2D eigenvalue weighted by Gasteiger charge is 2.30. The Morgan fingerprint density at radius 3 is 0.780 bits per heavy atom. The Hall–Kier alpha value is -1.94. The molecule has 19 heteroatoms. The van der Waals surface area contributed by atoms with Crippen LogP contribution in [-0.4, -0.2) is 96.7 Å². The van der Waals surface area contributed by atoms with Crippen molar-refractivity contribution in [3.63, 3.8) is 0 Å². The summed E-state index contributed by atoms with van der Waals surface area (Å²) in [5, 5.41) is 10.6. The maximum atomic E-state index is 13.1. The van der Waals surface area contributed by atoms with E-state index in [1.807, 2.05) is 0 Å². The summed E-state index contributed by atoms with van der Waals surface area (Å²) in [5.41, 5.74) is 0. The van der Waals surface area contributed by atoms with Crippen molar-refractivity contribution in [2.45, 2.75) is 393 Å². The van der Waals surface area contributed by atoms with Crippen LogP contribution in [0.2, 0.25) is 0 Å². The zero-order chi connectivity index (χ0) is 67.0. The van der Waals surface area contributed by atoms with E-state index < -0.39 is 97.5 Å². The molecule has 0 saturated carbocycles. The SMILES string of the molecule is CCCCCCCCCCCCCCCCCCCCCCCCC(=O)O[C@H](COC(=O)CCCCCCCCCCCCCCCC)COP(=O)(O)OC[C@@H](O)COP(=O)(O)OC[C@@H](COC(=O)CCCCCCC)OC(=O)CCCCCCCCC(C)CC. The molecule has 3 unspecified atom stereocenters. The minimum Gasteiger partial charge on any atom is -0.462 e. The molecule has 91 heavy (non-hydrogen) atoms. The maximum Gasteiger partial charge on any atom is 0.472 e. The third-order valence-electron chi connectivity index (χ3n) is 17.1. The Labute approximate surface area is 556 Å². The van der Waals surface area contributed by atoms with Crippen LogP contribution in [0.5, 0.6) is 0 Å². The lowest BCUT2D eigenvalue weighted by Gasteiger charge is -2.21. The summed E-state index contributed by atoms with van der Waals surface area (Å²) in [4.78, 5) is 72.3. The van der Waals surface area contributed by atoms with E-state index in [1.165, 1.54) is 193 Å². The van der Waals surface area contributed by atoms with Crippen LogP contribution in [0.1, 0.15) is 375 Å². The van der Waals surface area contributed by atoms with Crippen LogP contribution in [0.25, 0.3) is 0 Å². The average molecular weight is 1340 g/mol. The second kappa shape index (κ2) is 65.4. The first-order valence-corrected chi connectivity index (χ1v) is 40.7. The fourth-order valence-corrected chi connectivity index (χ4v) is 12.5. The first-order chi connectivity index (χ1) is 44.1. The molecule has 0 bridgehead atoms. The van der Waals surface area contributed by atoms with Crippen LogP contribution in [0.15, 0.2) is 0 Å². The smallest absolute Gasteiger partial charge is 0.462 e. The predicted molar refractivity (Wildman–Crippen MR) is 368 cm³/mol. The lowest BCUT2D eigenvalue weighted by molar-refractivity contribution is -0.161. The minimum absolute atomic E-state index is 0.102. The van der Waals surface area contributed by atoms with Gasteiger partial charge in [0.1, 0.15) is 19.3 Å². The van der Waals surface area contributed by atoms with Crippen LogP contribution in [0.3, 0.4) is 0 Å². The number of esters is 4. The lowest BCUT2D eigenvalue weighted by atomic mass is 10.00. The van der Waals surface area contributed by atoms with Gasteiger partial charge in [0.15, 0.2) is 12.2 Å². The topological polar surface area (TPSA) is 237 Å². The minimum atomic E-state index is -4.95. The zero-order valence-electron chi connectivity index (χ0n) is 59.0. The van der Waals surface area contributed by atoms with Gasteiger partial charge < -0.3 is 33.8 Å². The normalized spacial score (nSPS) is 14.3. The highest BCUT2D eigenvalue weighted by molar-refractivity contribution is 7.47. The van der Waals surface area contributed by atoms with Crippen molar-refractivity contribution in [1.29, 1.82) is 0 Å². The predicted octanol–water partition coefficient (Wildman–Crippen LogP) is 20.9. The molecule has 0 radical (unpaired) electrons. The fourth-order valence-electron chi connectivity index (χ4n) is 11.0. The summed E-state index contributed by atoms with van der Waals surface area (Å²) in [6, 6.07) is 0. The first kappa shape index (κ1) is 89.1. The molecule has 540 valence electrons. The lowest BCUT2D eigenvalue weighted by Crippen LogP contribution is -2.30. The van der Waals surface area contributed by atoms with Crippen molar-refractivity contribution < 1.29 is 80.2 Å². The Morgan fingerprint density at radius 1 is 0.308 bits per heavy atom. The highest BCUT2D eigenvalue weighted by Crippen LogP contribution is 2.45. The molecule has 0 heterocycles. The zero-order valence-corrected chi connectivity index (χ0v) is 60.8. The van der Waals surface area contributed by atoms with Gasteiger partial charge >= 0.3 is 39.5 Å². The number of phosphoric ester groups is 2. The molecule has 0 fully saturated rings. The van der Waals surface area contributed by atoms with E-state index in [9.17, 15) is 43.2 Å². The second-order valence-corrected chi connectivity index (χ2v) is 29.1. The number of carbonyl (C=O) groups is 4. The Bertz CT molecular complexity index is 1760. The molecule has 0 aromatic heterocycles. The molecule has 6 atom stereocenters. The van der Waals surface area contributed by atoms with Crippen LogP contribution in [0, 0.1) is 5.92 Å². The van der Waals surface area contributed by atoms with Crippen molar-refractivity contribution in [3.8, 4) is 0 Å². The number of phosphoric acid groups is 2. The molecule has 0 saturated heterocycles. The van der Waals surface area contributed by atoms with Gasteiger partial charge in [0, 0.05) is 25.7 Å². The van der Waals surface area contributed by atoms with Crippen LogP contribution in [0.4, 0.5) is 0 Å². The number of aliphatic hydroxyl groups is 1. The van der Waals surface area contributed by atoms with E-state index in [4.69, 9.17) is 37.0 Å². The molecule has 0 rings (SSSR count). The van der Waals surface area contributed by atoms with E-state index in [1.54, 1.807) is 0 Å². The number of hydrogen-bond acceptors (Lipinski definition) is 15. The Kier molecular flexibility index (Phi) is 64.0. The van der Waals surface area contributed by atoms with Crippen molar-refractivity contribution in [2.24, 2.45) is 5.92 Å². The van der Waals surface area contributed by atoms with Gasteiger partial charge in [-0.15, -0.1) is 0 Å². The largest absolute Gasteiger partial charge is 0.472 e. The van der Waals surface area contributed by atoms with Crippen LogP contribution in [-0.2, 0) is 65.4 Å². The summed E-state index contributed by atoms with van der Waals surface area (Å²) in [7, 11) is -9.89. The molecule has 0 aliphatic carbocycles. The molecule has 0 spiro atoms. The average Bonchev–Trinajstić information content (AvgIpc) is 3.61. The molecule has 0 aromatic rings. The standard InChI is InChI=1S/C72H140O17P2/c1-6-10-13-16-18-20-22-24-26-27-28-29-30-31-32-33-35-37-39-41-47-52-57-71(76)88-68(62-83-70(75)56-51-46-40-38-36-34-25-23-21-19-17-14-11-7-2)64-87-91(80,81)85-60-66(73)59-84-90(78,79)86-63-67(61-82-69(74)55-50-44-15-12-8-3)89-72(77)58-53-48-43-42-45-49-54-65(5)9-4/h65-68,73H,6-64H2,1-5H3,(H,78,79)(H,80,81)/t65?,66-,67+,68+/m0/s1. The van der Waals surface area contributed by atoms with Crippen molar-refractivity contribution in [2.75, 3.05) is 39.6 Å². The summed E-state index contributed by atoms with van der Waals surface area (Å²) in [6.07, 6.45) is 53.4. The third-order valence-corrected chi connectivity index (χ3v) is 19.0. The summed E-state index contributed by atoms with van der Waals surface area (Å²) in [5.74, 6) is -1.41. The molecule has 0 aliphatic rings. The highest BCUT2D eigenvalue weighted by atomic mass is 31.2. The van der Waals surface area contributed by atoms with Gasteiger partial charge in [-0.3, -0.25) is 37.3 Å². The quantitative estimate of drug-likeness (QED) is 0.0222. The fraction of sp³-hybridized carbons (Fsp3) is 0.944. The molecule has 0 amide bonds. The molecule has 3 N–H and O–H groups in total. The van der Waals surface area contributed by atoms with Gasteiger partial charge in [-0.25, -0.2) is 9.13 Å². The van der Waals surface area contributed by atoms with Gasteiger partial charge in [0.25, 0.3) is 0 Å². The summed E-state index contributed by atoms with van der Waals surface area (Å²) >= 11 is 0. The van der Waals surface area contributed by atoms with Crippen molar-refractivity contribution >= 4 is 39.5 Å². The molecule has 0 aromatic carbocycles. The van der Waals surface area contributed by atoms with Crippen molar-refractivity contribution in [3.05, 3.63) is 0 Å². The summed E-state index contributed by atoms with van der Waals surface area (Å²) in [6.45, 7) is 7.11. The molecular weight excluding hydrogens is 1200 g/mol. The second-order valence-electron chi connectivity index (χ2n) is 26.2. The summed E-state index contributed by atoms with van der Waals surface area (Å²) < 4.78 is 68.1. The maximum absolute atomic E-state index is 13.1. The number of carbonyl (C=O) groups excluding carboxylic acids is 4. The van der Waals surface area contributed by atoms with Gasteiger partial charge in [-0.2, -0.15) is 0 Å². The van der Waals surface area contributed by atoms with Crippen molar-refractivity contribution in [1.82, 2.24) is 0 Å². The number of aliphatic hydroxyl groups excluding tert-OH is 1. The van der Waals surface area contributed by atoms with E-state index in [0.717, 1.165) is 102 Å². The Morgan fingerprint density at radius 2 is 0.527 bits per heavy atom. The molecule has 17 nitrogen and oxygen atoms in total. The molecule has 0 aliphatic heterocycles. The van der Waals surface area contributed by atoms with Gasteiger partial charge in [-0.05, 0) is 31.6 Å². The van der Waals surface area contributed by atoms with Crippen LogP contribution < -0.4 is 0 Å². The molecular formula is C72H140O17P2. The van der Waals surface area contributed by atoms with E-state index >= 15 is 0 Å². The van der Waals surface area contributed by atoms with Gasteiger partial charge in [0.05, 0.1) is 26.4 Å². The van der Waals surface area contributed by atoms with Gasteiger partial charge in [-0.1, -0.05) is 324 Å². The number of hydrogen-bond donors (Lipinski definition) is 3. The number of ether oxygens (including phenoxy) is 4. The monoisotopic (exact) mass is 1340 g/mol. The Balaban J connectivity index is 5.10. The third kappa shape index (κ3) is 65.1. The van der Waals surface area contributed by atoms with Crippen LogP contribution >= 0.6 is 15.6 Å². The van der Waals surface area contributed by atoms with E-state index in [-0.39, 0.29) is 25.7 Å². The van der Waals surface area contributed by atoms with E-state index in [2.05, 4.69) is 34.6 Å². The van der Waals surface area contributed by atoms with Gasteiger partial charge in [0.2, 0.25) is 0 Å². The first-order valence-electron chi connectivity index (χ1n) is 37.7. The number of rotatable bonds is 72. The van der Waals surface area contributed by atoms with E-state index in [0.29, 0.717) is 25.7 Å². The number of unbranched alkanes of at least 4 members (excludes halogenated alkanes) is 43.